The highest BCUT2D eigenvalue weighted by Gasteiger charge is 2.33. The Hall–Kier alpha value is -3.99. The molecule has 41 heavy (non-hydrogen) atoms. The van der Waals surface area contributed by atoms with E-state index in [0.29, 0.717) is 73.4 Å². The minimum Gasteiger partial charge on any atom is -0.508 e. The second-order valence-electron chi connectivity index (χ2n) is 11.4. The zero-order valence-electron chi connectivity index (χ0n) is 23.2. The van der Waals surface area contributed by atoms with Crippen LogP contribution in [-0.4, -0.2) is 68.4 Å². The van der Waals surface area contributed by atoms with Crippen LogP contribution in [0.25, 0.3) is 10.8 Å². The molecule has 9 nitrogen and oxygen atoms in total. The molecular weight excluding hydrogens is 528 g/mol. The SMILES string of the molecule is C[C@@H]1Cn2cnc(F)c2CN1c1nc(OC[C@H]2CCCN2C)nc2c1CCN(c1cc(O)cc3cccc(F)c13)C2. The maximum absolute atomic E-state index is 15.0. The number of ether oxygens (including phenoxy) is 1. The molecule has 2 atom stereocenters. The number of hydrogen-bond donors (Lipinski definition) is 1. The van der Waals surface area contributed by atoms with Crippen LogP contribution in [0.2, 0.25) is 0 Å². The highest BCUT2D eigenvalue weighted by Crippen LogP contribution is 2.38. The molecule has 2 aromatic heterocycles. The second kappa shape index (κ2) is 10.1. The van der Waals surface area contributed by atoms with E-state index in [2.05, 4.69) is 28.8 Å². The molecule has 11 heteroatoms. The Morgan fingerprint density at radius 3 is 2.83 bits per heavy atom. The van der Waals surface area contributed by atoms with Gasteiger partial charge < -0.3 is 29.1 Å². The summed E-state index contributed by atoms with van der Waals surface area (Å²) in [4.78, 5) is 20.1. The number of rotatable bonds is 5. The van der Waals surface area contributed by atoms with Crippen molar-refractivity contribution in [1.82, 2.24) is 24.4 Å². The minimum absolute atomic E-state index is 0.0473. The first-order chi connectivity index (χ1) is 19.9. The molecule has 0 spiro atoms. The molecule has 1 fully saturated rings. The number of likely N-dealkylation sites (tertiary alicyclic amines) is 1. The van der Waals surface area contributed by atoms with E-state index in [-0.39, 0.29) is 17.6 Å². The topological polar surface area (TPSA) is 82.8 Å². The van der Waals surface area contributed by atoms with Crippen LogP contribution in [0.1, 0.15) is 36.7 Å². The number of aromatic nitrogens is 4. The Labute approximate surface area is 237 Å². The highest BCUT2D eigenvalue weighted by atomic mass is 19.1. The molecule has 1 N–H and O–H groups in total. The lowest BCUT2D eigenvalue weighted by atomic mass is 10.0. The van der Waals surface area contributed by atoms with Crippen molar-refractivity contribution in [3.63, 3.8) is 0 Å². The fourth-order valence-electron chi connectivity index (χ4n) is 6.53. The molecule has 4 aromatic rings. The number of phenolic OH excluding ortho intramolecular Hbond substituents is 1. The standard InChI is InChI=1S/C30H33F2N7O2/c1-18-13-38-17-33-28(32)26(38)15-39(18)29-22-8-10-37(25-12-21(40)11-19-5-3-7-23(31)27(19)25)14-24(22)34-30(35-29)41-16-20-6-4-9-36(20)2/h3,5,7,11-12,17-18,20,40H,4,6,8-10,13-16H2,1-2H3/t18-,20-/m1/s1. The molecule has 0 aliphatic carbocycles. The normalized spacial score (nSPS) is 20.9. The van der Waals surface area contributed by atoms with Crippen molar-refractivity contribution in [2.45, 2.75) is 57.9 Å². The average Bonchev–Trinajstić information content (AvgIpc) is 3.54. The maximum atomic E-state index is 15.0. The minimum atomic E-state index is -0.463. The van der Waals surface area contributed by atoms with Crippen LogP contribution in [0, 0.1) is 11.8 Å². The Morgan fingerprint density at radius 1 is 1.12 bits per heavy atom. The van der Waals surface area contributed by atoms with Crippen LogP contribution in [-0.2, 0) is 26.1 Å². The fraction of sp³-hybridized carbons (Fsp3) is 0.433. The van der Waals surface area contributed by atoms with Crippen LogP contribution in [0.15, 0.2) is 36.7 Å². The van der Waals surface area contributed by atoms with Gasteiger partial charge in [-0.25, -0.2) is 9.37 Å². The molecule has 2 aromatic carbocycles. The van der Waals surface area contributed by atoms with Gasteiger partial charge in [-0.05, 0) is 57.3 Å². The average molecular weight is 562 g/mol. The summed E-state index contributed by atoms with van der Waals surface area (Å²) in [6.07, 6.45) is 4.35. The van der Waals surface area contributed by atoms with E-state index in [1.807, 2.05) is 9.47 Å². The van der Waals surface area contributed by atoms with Crippen LogP contribution >= 0.6 is 0 Å². The molecule has 5 heterocycles. The second-order valence-corrected chi connectivity index (χ2v) is 11.4. The van der Waals surface area contributed by atoms with Crippen LogP contribution in [0.5, 0.6) is 11.8 Å². The number of fused-ring (bicyclic) bond motifs is 3. The summed E-state index contributed by atoms with van der Waals surface area (Å²) in [5.41, 5.74) is 2.92. The molecule has 0 saturated carbocycles. The van der Waals surface area contributed by atoms with Gasteiger partial charge in [-0.15, -0.1) is 0 Å². The molecule has 0 radical (unpaired) electrons. The third-order valence-electron chi connectivity index (χ3n) is 8.81. The molecule has 3 aliphatic heterocycles. The first-order valence-corrected chi connectivity index (χ1v) is 14.2. The molecule has 3 aliphatic rings. The quantitative estimate of drug-likeness (QED) is 0.387. The smallest absolute Gasteiger partial charge is 0.318 e. The lowest BCUT2D eigenvalue weighted by molar-refractivity contribution is 0.187. The fourth-order valence-corrected chi connectivity index (χ4v) is 6.53. The van der Waals surface area contributed by atoms with Crippen molar-refractivity contribution >= 4 is 22.3 Å². The Morgan fingerprint density at radius 2 is 2.00 bits per heavy atom. The number of halogens is 2. The van der Waals surface area contributed by atoms with Gasteiger partial charge in [0.1, 0.15) is 24.0 Å². The van der Waals surface area contributed by atoms with E-state index in [1.165, 1.54) is 6.07 Å². The van der Waals surface area contributed by atoms with Gasteiger partial charge in [-0.1, -0.05) is 12.1 Å². The first kappa shape index (κ1) is 25.9. The number of hydrogen-bond acceptors (Lipinski definition) is 8. The molecule has 0 bridgehead atoms. The third kappa shape index (κ3) is 4.61. The molecule has 0 amide bonds. The number of anilines is 2. The Bertz CT molecular complexity index is 1630. The Balaban J connectivity index is 1.27. The van der Waals surface area contributed by atoms with Gasteiger partial charge in [0.15, 0.2) is 0 Å². The summed E-state index contributed by atoms with van der Waals surface area (Å²) < 4.78 is 37.7. The van der Waals surface area contributed by atoms with Crippen molar-refractivity contribution in [3.05, 3.63) is 65.4 Å². The lowest BCUT2D eigenvalue weighted by Gasteiger charge is -2.38. The van der Waals surface area contributed by atoms with Crippen LogP contribution in [0.3, 0.4) is 0 Å². The summed E-state index contributed by atoms with van der Waals surface area (Å²) >= 11 is 0. The highest BCUT2D eigenvalue weighted by molar-refractivity contribution is 5.96. The molecule has 1 saturated heterocycles. The van der Waals surface area contributed by atoms with Crippen molar-refractivity contribution in [2.75, 3.05) is 36.5 Å². The van der Waals surface area contributed by atoms with Gasteiger partial charge in [0.05, 0.1) is 36.5 Å². The monoisotopic (exact) mass is 561 g/mol. The lowest BCUT2D eigenvalue weighted by Crippen LogP contribution is -2.43. The molecule has 214 valence electrons. The van der Waals surface area contributed by atoms with Crippen LogP contribution < -0.4 is 14.5 Å². The molecule has 7 rings (SSSR count). The predicted octanol–water partition coefficient (Wildman–Crippen LogP) is 4.25. The van der Waals surface area contributed by atoms with Crippen LogP contribution in [0.4, 0.5) is 20.3 Å². The number of benzene rings is 2. The summed E-state index contributed by atoms with van der Waals surface area (Å²) in [5, 5.41) is 11.6. The first-order valence-electron chi connectivity index (χ1n) is 14.2. The number of nitrogens with zero attached hydrogens (tertiary/aromatic N) is 7. The number of aromatic hydroxyl groups is 1. The van der Waals surface area contributed by atoms with E-state index in [0.717, 1.165) is 36.5 Å². The summed E-state index contributed by atoms with van der Waals surface area (Å²) in [5.74, 6) is 0.0279. The van der Waals surface area contributed by atoms with E-state index >= 15 is 4.39 Å². The van der Waals surface area contributed by atoms with E-state index in [1.54, 1.807) is 30.6 Å². The van der Waals surface area contributed by atoms with Crippen molar-refractivity contribution in [3.8, 4) is 11.8 Å². The number of likely N-dealkylation sites (N-methyl/N-ethyl adjacent to an activating group) is 1. The van der Waals surface area contributed by atoms with Crippen molar-refractivity contribution in [1.29, 1.82) is 0 Å². The third-order valence-corrected chi connectivity index (χ3v) is 8.81. The van der Waals surface area contributed by atoms with E-state index < -0.39 is 5.95 Å². The molecular formula is C30H33F2N7O2. The summed E-state index contributed by atoms with van der Waals surface area (Å²) in [7, 11) is 2.10. The predicted molar refractivity (Wildman–Crippen MR) is 151 cm³/mol. The van der Waals surface area contributed by atoms with E-state index in [9.17, 15) is 9.50 Å². The van der Waals surface area contributed by atoms with Crippen molar-refractivity contribution in [2.24, 2.45) is 0 Å². The molecule has 0 unspecified atom stereocenters. The van der Waals surface area contributed by atoms with Gasteiger partial charge in [-0.3, -0.25) is 0 Å². The summed E-state index contributed by atoms with van der Waals surface area (Å²) in [6.45, 7) is 5.53. The maximum Gasteiger partial charge on any atom is 0.318 e. The number of phenols is 1. The zero-order valence-corrected chi connectivity index (χ0v) is 23.2. The summed E-state index contributed by atoms with van der Waals surface area (Å²) in [6, 6.07) is 8.71. The zero-order chi connectivity index (χ0) is 28.2. The van der Waals surface area contributed by atoms with Gasteiger partial charge in [0, 0.05) is 42.2 Å². The number of imidazole rings is 1. The van der Waals surface area contributed by atoms with Gasteiger partial charge >= 0.3 is 6.01 Å². The van der Waals surface area contributed by atoms with Crippen molar-refractivity contribution < 1.29 is 18.6 Å². The van der Waals surface area contributed by atoms with E-state index in [4.69, 9.17) is 14.7 Å². The largest absolute Gasteiger partial charge is 0.508 e. The van der Waals surface area contributed by atoms with Gasteiger partial charge in [0.2, 0.25) is 5.95 Å². The van der Waals surface area contributed by atoms with Gasteiger partial charge in [0.25, 0.3) is 0 Å². The van der Waals surface area contributed by atoms with Gasteiger partial charge in [-0.2, -0.15) is 14.4 Å². The Kier molecular flexibility index (Phi) is 6.41.